The lowest BCUT2D eigenvalue weighted by Gasteiger charge is -2.30. The highest BCUT2D eigenvalue weighted by Crippen LogP contribution is 2.17. The fraction of sp³-hybridized carbons (Fsp3) is 0.727. The van der Waals surface area contributed by atoms with Crippen LogP contribution in [0.1, 0.15) is 19.8 Å². The van der Waals surface area contributed by atoms with Gasteiger partial charge in [0.15, 0.2) is 0 Å². The summed E-state index contributed by atoms with van der Waals surface area (Å²) in [4.78, 5) is 13.6. The van der Waals surface area contributed by atoms with Gasteiger partial charge in [0.2, 0.25) is 0 Å². The summed E-state index contributed by atoms with van der Waals surface area (Å²) in [7, 11) is 1.47. The second-order valence-corrected chi connectivity index (χ2v) is 3.69. The highest BCUT2D eigenvalue weighted by atomic mass is 16.5. The Balaban J connectivity index is 2.39. The number of allylic oxidation sites excluding steroid dienone is 1. The van der Waals surface area contributed by atoms with Crippen LogP contribution in [-0.4, -0.2) is 37.6 Å². The van der Waals surface area contributed by atoms with E-state index in [2.05, 4.69) is 11.0 Å². The van der Waals surface area contributed by atoms with Crippen LogP contribution in [0, 0.1) is 5.92 Å². The number of ether oxygens (including phenoxy) is 1. The van der Waals surface area contributed by atoms with Crippen LogP contribution in [0.15, 0.2) is 12.2 Å². The zero-order valence-corrected chi connectivity index (χ0v) is 9.03. The first kappa shape index (κ1) is 11.2. The molecule has 3 nitrogen and oxygen atoms in total. The van der Waals surface area contributed by atoms with Crippen molar-refractivity contribution in [3.8, 4) is 0 Å². The van der Waals surface area contributed by atoms with Crippen molar-refractivity contribution in [1.82, 2.24) is 4.90 Å². The zero-order chi connectivity index (χ0) is 10.4. The third-order valence-corrected chi connectivity index (χ3v) is 2.64. The van der Waals surface area contributed by atoms with E-state index in [9.17, 15) is 4.79 Å². The summed E-state index contributed by atoms with van der Waals surface area (Å²) in [5, 5.41) is 0. The Labute approximate surface area is 85.7 Å². The van der Waals surface area contributed by atoms with Gasteiger partial charge in [-0.2, -0.15) is 0 Å². The Bertz CT molecular complexity index is 213. The van der Waals surface area contributed by atoms with E-state index < -0.39 is 0 Å². The highest BCUT2D eigenvalue weighted by Gasteiger charge is 2.25. The summed E-state index contributed by atoms with van der Waals surface area (Å²) < 4.78 is 4.76. The second-order valence-electron chi connectivity index (χ2n) is 3.69. The van der Waals surface area contributed by atoms with Gasteiger partial charge in [-0.05, 0) is 26.3 Å². The van der Waals surface area contributed by atoms with Gasteiger partial charge < -0.3 is 4.74 Å². The molecule has 0 unspecified atom stereocenters. The minimum atomic E-state index is -0.0600. The van der Waals surface area contributed by atoms with Gasteiger partial charge >= 0.3 is 5.97 Å². The average molecular weight is 197 g/mol. The van der Waals surface area contributed by atoms with Crippen molar-refractivity contribution in [3.63, 3.8) is 0 Å². The highest BCUT2D eigenvalue weighted by molar-refractivity contribution is 5.72. The molecular formula is C11H19NO2. The lowest BCUT2D eigenvalue weighted by Crippen LogP contribution is -2.39. The number of methoxy groups -OCH3 is 1. The first-order valence-electron chi connectivity index (χ1n) is 5.19. The van der Waals surface area contributed by atoms with Crippen LogP contribution in [0.25, 0.3) is 0 Å². The van der Waals surface area contributed by atoms with E-state index >= 15 is 0 Å². The maximum Gasteiger partial charge on any atom is 0.309 e. The molecule has 0 spiro atoms. The Morgan fingerprint density at radius 1 is 1.64 bits per heavy atom. The van der Waals surface area contributed by atoms with Gasteiger partial charge in [-0.15, -0.1) is 0 Å². The second kappa shape index (κ2) is 5.81. The molecule has 1 aliphatic heterocycles. The van der Waals surface area contributed by atoms with Crippen molar-refractivity contribution in [1.29, 1.82) is 0 Å². The Hall–Kier alpha value is -0.830. The van der Waals surface area contributed by atoms with Gasteiger partial charge in [-0.1, -0.05) is 12.2 Å². The molecule has 1 saturated heterocycles. The molecule has 0 N–H and O–H groups in total. The maximum absolute atomic E-state index is 11.3. The molecule has 3 heteroatoms. The minimum Gasteiger partial charge on any atom is -0.469 e. The molecule has 1 atom stereocenters. The molecule has 0 amide bonds. The summed E-state index contributed by atoms with van der Waals surface area (Å²) in [6.07, 6.45) is 6.23. The fourth-order valence-electron chi connectivity index (χ4n) is 1.83. The molecule has 1 fully saturated rings. The molecule has 14 heavy (non-hydrogen) atoms. The fourth-order valence-corrected chi connectivity index (χ4v) is 1.83. The van der Waals surface area contributed by atoms with Crippen LogP contribution in [-0.2, 0) is 9.53 Å². The molecule has 1 heterocycles. The first-order valence-corrected chi connectivity index (χ1v) is 5.19. The van der Waals surface area contributed by atoms with Gasteiger partial charge in [0.05, 0.1) is 13.0 Å². The van der Waals surface area contributed by atoms with E-state index in [1.165, 1.54) is 7.11 Å². The van der Waals surface area contributed by atoms with E-state index in [1.54, 1.807) is 0 Å². The van der Waals surface area contributed by atoms with Gasteiger partial charge in [0, 0.05) is 13.1 Å². The Morgan fingerprint density at radius 3 is 3.07 bits per heavy atom. The van der Waals surface area contributed by atoms with Crippen molar-refractivity contribution in [3.05, 3.63) is 12.2 Å². The topological polar surface area (TPSA) is 29.5 Å². The summed E-state index contributed by atoms with van der Waals surface area (Å²) in [5.74, 6) is 0.0224. The number of carbonyl (C=O) groups is 1. The van der Waals surface area contributed by atoms with E-state index in [0.29, 0.717) is 0 Å². The molecule has 0 aromatic heterocycles. The number of hydrogen-bond acceptors (Lipinski definition) is 3. The molecular weight excluding hydrogens is 178 g/mol. The van der Waals surface area contributed by atoms with Crippen molar-refractivity contribution >= 4 is 5.97 Å². The zero-order valence-electron chi connectivity index (χ0n) is 9.03. The standard InChI is InChI=1S/C11H19NO2/c1-3-4-7-12-8-5-6-10(9-12)11(13)14-2/h3-4,10H,5-9H2,1-2H3/b4-3+/t10-/m0/s1. The van der Waals surface area contributed by atoms with E-state index in [0.717, 1.165) is 32.5 Å². The largest absolute Gasteiger partial charge is 0.469 e. The maximum atomic E-state index is 11.3. The predicted molar refractivity (Wildman–Crippen MR) is 56.0 cm³/mol. The summed E-state index contributed by atoms with van der Waals surface area (Å²) >= 11 is 0. The van der Waals surface area contributed by atoms with E-state index in [-0.39, 0.29) is 11.9 Å². The lowest BCUT2D eigenvalue weighted by atomic mass is 9.98. The van der Waals surface area contributed by atoms with Crippen LogP contribution >= 0.6 is 0 Å². The van der Waals surface area contributed by atoms with Crippen molar-refractivity contribution in [2.45, 2.75) is 19.8 Å². The normalized spacial score (nSPS) is 24.0. The molecule has 0 aliphatic carbocycles. The molecule has 80 valence electrons. The number of piperidine rings is 1. The first-order chi connectivity index (χ1) is 6.77. The van der Waals surface area contributed by atoms with Gasteiger partial charge in [-0.25, -0.2) is 0 Å². The van der Waals surface area contributed by atoms with Gasteiger partial charge in [0.1, 0.15) is 0 Å². The van der Waals surface area contributed by atoms with Crippen LogP contribution in [0.5, 0.6) is 0 Å². The molecule has 0 radical (unpaired) electrons. The molecule has 1 aliphatic rings. The van der Waals surface area contributed by atoms with Crippen molar-refractivity contribution in [2.75, 3.05) is 26.7 Å². The number of hydrogen-bond donors (Lipinski definition) is 0. The number of carbonyl (C=O) groups excluding carboxylic acids is 1. The average Bonchev–Trinajstić information content (AvgIpc) is 2.25. The smallest absolute Gasteiger partial charge is 0.309 e. The number of likely N-dealkylation sites (tertiary alicyclic amines) is 1. The Kier molecular flexibility index (Phi) is 4.66. The monoisotopic (exact) mass is 197 g/mol. The molecule has 0 bridgehead atoms. The van der Waals surface area contributed by atoms with Crippen LogP contribution in [0.4, 0.5) is 0 Å². The summed E-state index contributed by atoms with van der Waals surface area (Å²) in [5.41, 5.74) is 0. The third kappa shape index (κ3) is 3.14. The SMILES string of the molecule is C/C=C/CN1CCC[C@H](C(=O)OC)C1. The lowest BCUT2D eigenvalue weighted by molar-refractivity contribution is -0.147. The van der Waals surface area contributed by atoms with Crippen molar-refractivity contribution < 1.29 is 9.53 Å². The minimum absolute atomic E-state index is 0.0600. The van der Waals surface area contributed by atoms with Gasteiger partial charge in [0.25, 0.3) is 0 Å². The predicted octanol–water partition coefficient (Wildman–Crippen LogP) is 1.45. The van der Waals surface area contributed by atoms with E-state index in [4.69, 9.17) is 4.74 Å². The van der Waals surface area contributed by atoms with Crippen LogP contribution < -0.4 is 0 Å². The molecule has 0 aromatic carbocycles. The van der Waals surface area contributed by atoms with Crippen LogP contribution in [0.2, 0.25) is 0 Å². The quantitative estimate of drug-likeness (QED) is 0.506. The molecule has 1 rings (SSSR count). The summed E-state index contributed by atoms with van der Waals surface area (Å²) in [6.45, 7) is 4.90. The number of rotatable bonds is 3. The Morgan fingerprint density at radius 2 is 2.43 bits per heavy atom. The van der Waals surface area contributed by atoms with E-state index in [1.807, 2.05) is 13.0 Å². The number of esters is 1. The summed E-state index contributed by atoms with van der Waals surface area (Å²) in [6, 6.07) is 0. The number of nitrogens with zero attached hydrogens (tertiary/aromatic N) is 1. The van der Waals surface area contributed by atoms with Crippen molar-refractivity contribution in [2.24, 2.45) is 5.92 Å². The van der Waals surface area contributed by atoms with Crippen LogP contribution in [0.3, 0.4) is 0 Å². The molecule has 0 saturated carbocycles. The van der Waals surface area contributed by atoms with Gasteiger partial charge in [-0.3, -0.25) is 9.69 Å². The molecule has 0 aromatic rings. The third-order valence-electron chi connectivity index (χ3n) is 2.64.